The minimum absolute atomic E-state index is 0.160. The van der Waals surface area contributed by atoms with Crippen molar-refractivity contribution in [2.45, 2.75) is 39.5 Å². The van der Waals surface area contributed by atoms with E-state index in [0.29, 0.717) is 28.0 Å². The minimum atomic E-state index is -3.81. The summed E-state index contributed by atoms with van der Waals surface area (Å²) in [5.41, 5.74) is 7.26. The van der Waals surface area contributed by atoms with Crippen molar-refractivity contribution in [1.29, 1.82) is 5.41 Å². The van der Waals surface area contributed by atoms with Crippen molar-refractivity contribution in [3.63, 3.8) is 0 Å². The zero-order valence-corrected chi connectivity index (χ0v) is 19.0. The number of carbonyl (C=O) groups excluding carboxylic acids is 1. The van der Waals surface area contributed by atoms with Crippen LogP contribution in [0.25, 0.3) is 11.0 Å². The van der Waals surface area contributed by atoms with Crippen LogP contribution in [-0.4, -0.2) is 29.0 Å². The molecule has 31 heavy (non-hydrogen) atoms. The van der Waals surface area contributed by atoms with Crippen LogP contribution in [0.2, 0.25) is 0 Å². The number of rotatable bonds is 5. The van der Waals surface area contributed by atoms with Crippen LogP contribution in [0.3, 0.4) is 0 Å². The highest BCUT2D eigenvalue weighted by atomic mass is 32.2. The van der Waals surface area contributed by atoms with Crippen molar-refractivity contribution in [3.05, 3.63) is 65.6 Å². The molecule has 3 rings (SSSR count). The van der Waals surface area contributed by atoms with Crippen LogP contribution in [0.4, 0.5) is 5.69 Å². The fraction of sp³-hybridized carbons (Fsp3) is 0.227. The number of carbonyl (C=O) groups is 1. The quantitative estimate of drug-likeness (QED) is 0.518. The van der Waals surface area contributed by atoms with Crippen LogP contribution in [-0.2, 0) is 14.8 Å². The molecule has 1 amide bonds. The molecule has 0 aliphatic carbocycles. The summed E-state index contributed by atoms with van der Waals surface area (Å²) in [6, 6.07) is 11.4. The monoisotopic (exact) mass is 441 g/mol. The van der Waals surface area contributed by atoms with Crippen molar-refractivity contribution < 1.29 is 13.2 Å². The van der Waals surface area contributed by atoms with Gasteiger partial charge in [0.15, 0.2) is 5.65 Å². The van der Waals surface area contributed by atoms with Gasteiger partial charge in [-0.2, -0.15) is 0 Å². The van der Waals surface area contributed by atoms with E-state index in [1.807, 2.05) is 13.8 Å². The maximum atomic E-state index is 13.0. The normalized spacial score (nSPS) is 11.9. The van der Waals surface area contributed by atoms with Crippen LogP contribution in [0.5, 0.6) is 0 Å². The van der Waals surface area contributed by atoms with E-state index in [1.165, 1.54) is 22.3 Å². The number of aromatic nitrogens is 2. The molecule has 0 atom stereocenters. The number of allylic oxidation sites excluding steroid dienone is 1. The Morgan fingerprint density at radius 2 is 1.74 bits per heavy atom. The summed E-state index contributed by atoms with van der Waals surface area (Å²) in [7, 11) is -3.81. The molecule has 8 nitrogen and oxygen atoms in total. The Morgan fingerprint density at radius 3 is 2.32 bits per heavy atom. The standard InChI is InChI=1S/C20H21N5O3S.C2H6/c1-12-9-15-10-16(24-20(26)18(22)13(2)14(3)21)11-23-19(15)25(12)29(27,28)17-7-5-4-6-8-17;1-2/h4-11,22H,21H2,1-3H3,(H,24,26);1-2H3/b14-13-,22-18?;. The Bertz CT molecular complexity index is 1260. The molecule has 0 radical (unpaired) electrons. The van der Waals surface area contributed by atoms with Crippen molar-refractivity contribution in [2.75, 3.05) is 5.32 Å². The number of benzene rings is 1. The summed E-state index contributed by atoms with van der Waals surface area (Å²) in [5, 5.41) is 11.0. The highest BCUT2D eigenvalue weighted by molar-refractivity contribution is 7.90. The number of aryl methyl sites for hydroxylation is 1. The number of hydrogen-bond donors (Lipinski definition) is 3. The molecular weight excluding hydrogens is 414 g/mol. The Hall–Kier alpha value is -3.46. The van der Waals surface area contributed by atoms with E-state index >= 15 is 0 Å². The van der Waals surface area contributed by atoms with Gasteiger partial charge in [0.1, 0.15) is 5.71 Å². The summed E-state index contributed by atoms with van der Waals surface area (Å²) in [5.74, 6) is -0.624. The molecule has 0 saturated carbocycles. The van der Waals surface area contributed by atoms with Gasteiger partial charge in [-0.3, -0.25) is 10.2 Å². The van der Waals surface area contributed by atoms with Gasteiger partial charge in [-0.1, -0.05) is 32.0 Å². The predicted molar refractivity (Wildman–Crippen MR) is 124 cm³/mol. The van der Waals surface area contributed by atoms with Gasteiger partial charge in [0.05, 0.1) is 16.8 Å². The first-order chi connectivity index (χ1) is 14.6. The van der Waals surface area contributed by atoms with Gasteiger partial charge in [-0.15, -0.1) is 0 Å². The lowest BCUT2D eigenvalue weighted by atomic mass is 10.1. The van der Waals surface area contributed by atoms with Gasteiger partial charge in [-0.25, -0.2) is 17.4 Å². The highest BCUT2D eigenvalue weighted by Gasteiger charge is 2.22. The number of amides is 1. The summed E-state index contributed by atoms with van der Waals surface area (Å²) in [6.07, 6.45) is 1.36. The highest BCUT2D eigenvalue weighted by Crippen LogP contribution is 2.26. The largest absolute Gasteiger partial charge is 0.402 e. The van der Waals surface area contributed by atoms with Crippen molar-refractivity contribution in [2.24, 2.45) is 5.73 Å². The van der Waals surface area contributed by atoms with Gasteiger partial charge < -0.3 is 11.1 Å². The third kappa shape index (κ3) is 4.83. The number of nitrogens with zero attached hydrogens (tertiary/aromatic N) is 2. The average molecular weight is 442 g/mol. The van der Waals surface area contributed by atoms with Crippen LogP contribution in [0.1, 0.15) is 33.4 Å². The van der Waals surface area contributed by atoms with Gasteiger partial charge in [0.2, 0.25) is 0 Å². The topological polar surface area (TPSA) is 131 Å². The smallest absolute Gasteiger partial charge is 0.273 e. The second-order valence-corrected chi connectivity index (χ2v) is 8.43. The molecule has 2 heterocycles. The zero-order chi connectivity index (χ0) is 23.3. The summed E-state index contributed by atoms with van der Waals surface area (Å²) < 4.78 is 27.2. The molecule has 2 aromatic heterocycles. The number of nitrogens with one attached hydrogen (secondary N) is 2. The number of hydrogen-bond acceptors (Lipinski definition) is 6. The van der Waals surface area contributed by atoms with Crippen LogP contribution < -0.4 is 11.1 Å². The molecule has 0 spiro atoms. The lowest BCUT2D eigenvalue weighted by Gasteiger charge is -2.10. The number of anilines is 1. The van der Waals surface area contributed by atoms with Gasteiger partial charge in [0.25, 0.3) is 15.9 Å². The van der Waals surface area contributed by atoms with Crippen molar-refractivity contribution in [3.8, 4) is 0 Å². The van der Waals surface area contributed by atoms with Crippen LogP contribution in [0.15, 0.2) is 64.8 Å². The average Bonchev–Trinajstić information content (AvgIpc) is 3.10. The second kappa shape index (κ2) is 9.57. The number of nitrogens with two attached hydrogens (primary N) is 1. The first-order valence-electron chi connectivity index (χ1n) is 9.75. The first kappa shape index (κ1) is 23.8. The van der Waals surface area contributed by atoms with E-state index < -0.39 is 15.9 Å². The number of fused-ring (bicyclic) bond motifs is 1. The molecule has 0 aliphatic rings. The van der Waals surface area contributed by atoms with E-state index in [2.05, 4.69) is 10.3 Å². The van der Waals surface area contributed by atoms with Crippen molar-refractivity contribution in [1.82, 2.24) is 8.96 Å². The Morgan fingerprint density at radius 1 is 1.13 bits per heavy atom. The lowest BCUT2D eigenvalue weighted by Crippen LogP contribution is -2.24. The molecule has 1 aromatic carbocycles. The third-order valence-corrected chi connectivity index (χ3v) is 6.31. The van der Waals surface area contributed by atoms with E-state index in [4.69, 9.17) is 11.1 Å². The third-order valence-electron chi connectivity index (χ3n) is 4.51. The summed E-state index contributed by atoms with van der Waals surface area (Å²) in [6.45, 7) is 8.88. The molecular formula is C22H27N5O3S. The molecule has 164 valence electrons. The summed E-state index contributed by atoms with van der Waals surface area (Å²) in [4.78, 5) is 16.7. The maximum absolute atomic E-state index is 13.0. The molecule has 0 unspecified atom stereocenters. The van der Waals surface area contributed by atoms with Crippen LogP contribution >= 0.6 is 0 Å². The van der Waals surface area contributed by atoms with E-state index in [1.54, 1.807) is 51.1 Å². The second-order valence-electron chi connectivity index (χ2n) is 6.64. The number of pyridine rings is 1. The van der Waals surface area contributed by atoms with Gasteiger partial charge >= 0.3 is 0 Å². The Kier molecular flexibility index (Phi) is 7.35. The van der Waals surface area contributed by atoms with Gasteiger partial charge in [-0.05, 0) is 50.6 Å². The Balaban J connectivity index is 0.00000166. The molecule has 4 N–H and O–H groups in total. The maximum Gasteiger partial charge on any atom is 0.273 e. The SMILES string of the molecule is C/C(N)=C(\C)C(=N)C(=O)Nc1cnc2c(c1)cc(C)n2S(=O)(=O)c1ccccc1.CC. The lowest BCUT2D eigenvalue weighted by molar-refractivity contribution is -0.110. The van der Waals surface area contributed by atoms with E-state index in [0.717, 1.165) is 0 Å². The molecule has 3 aromatic rings. The zero-order valence-electron chi connectivity index (χ0n) is 18.2. The molecule has 0 aliphatic heterocycles. The molecule has 9 heteroatoms. The fourth-order valence-electron chi connectivity index (χ4n) is 2.83. The molecule has 0 saturated heterocycles. The molecule has 0 fully saturated rings. The van der Waals surface area contributed by atoms with Crippen LogP contribution in [0, 0.1) is 12.3 Å². The molecule has 0 bridgehead atoms. The summed E-state index contributed by atoms with van der Waals surface area (Å²) >= 11 is 0. The first-order valence-corrected chi connectivity index (χ1v) is 11.2. The minimum Gasteiger partial charge on any atom is -0.402 e. The van der Waals surface area contributed by atoms with Crippen molar-refractivity contribution >= 4 is 38.4 Å². The van der Waals surface area contributed by atoms with E-state index in [-0.39, 0.29) is 16.3 Å². The van der Waals surface area contributed by atoms with Gasteiger partial charge in [0, 0.05) is 16.8 Å². The predicted octanol–water partition coefficient (Wildman–Crippen LogP) is 3.82. The van der Waals surface area contributed by atoms with E-state index in [9.17, 15) is 13.2 Å². The fourth-order valence-corrected chi connectivity index (χ4v) is 4.36. The Labute approximate surface area is 182 Å².